The van der Waals surface area contributed by atoms with Crippen LogP contribution >= 0.6 is 0 Å². The smallest absolute Gasteiger partial charge is 0.330 e. The van der Waals surface area contributed by atoms with Gasteiger partial charge < -0.3 is 14.7 Å². The molecule has 1 N–H and O–H groups in total. The summed E-state index contributed by atoms with van der Waals surface area (Å²) in [6.07, 6.45) is 5.44. The standard InChI is InChI=1S/C24H39NO4/c1-15-16(13-21(28)29-12-11-25(5)6)7-8-17-22(15)18(26)14-19-23(2,3)20(27)9-10-24(17,19)4/h13,15,17,19-20,22,27H,7-12,14H2,1-6H3/t15-,17+,19+,20+,22-,24-/m0/s1. The summed E-state index contributed by atoms with van der Waals surface area (Å²) in [6, 6.07) is 0. The van der Waals surface area contributed by atoms with Crippen molar-refractivity contribution >= 4 is 11.8 Å². The van der Waals surface area contributed by atoms with Crippen LogP contribution in [-0.4, -0.2) is 55.1 Å². The highest BCUT2D eigenvalue weighted by Crippen LogP contribution is 2.63. The molecular weight excluding hydrogens is 366 g/mol. The lowest BCUT2D eigenvalue weighted by Gasteiger charge is -2.62. The van der Waals surface area contributed by atoms with Crippen LogP contribution in [0.25, 0.3) is 0 Å². The summed E-state index contributed by atoms with van der Waals surface area (Å²) in [5, 5.41) is 10.6. The van der Waals surface area contributed by atoms with Gasteiger partial charge in [-0.05, 0) is 68.4 Å². The molecule has 0 heterocycles. The maximum Gasteiger partial charge on any atom is 0.330 e. The molecule has 3 saturated carbocycles. The molecule has 0 amide bonds. The summed E-state index contributed by atoms with van der Waals surface area (Å²) in [5.41, 5.74) is 0.905. The first-order chi connectivity index (χ1) is 13.5. The second kappa shape index (κ2) is 8.14. The number of likely N-dealkylation sites (N-methyl/N-ethyl adjacent to an activating group) is 1. The molecule has 3 rings (SSSR count). The number of esters is 1. The van der Waals surface area contributed by atoms with Gasteiger partial charge in [0.25, 0.3) is 0 Å². The number of allylic oxidation sites excluding steroid dienone is 1. The van der Waals surface area contributed by atoms with Gasteiger partial charge in [0.1, 0.15) is 12.4 Å². The van der Waals surface area contributed by atoms with Crippen LogP contribution in [0.4, 0.5) is 0 Å². The Morgan fingerprint density at radius 2 is 1.97 bits per heavy atom. The maximum atomic E-state index is 13.3. The first-order valence-electron chi connectivity index (χ1n) is 11.2. The molecule has 0 unspecified atom stereocenters. The van der Waals surface area contributed by atoms with Crippen LogP contribution in [0.1, 0.15) is 59.8 Å². The van der Waals surface area contributed by atoms with E-state index in [1.807, 2.05) is 19.0 Å². The zero-order valence-electron chi connectivity index (χ0n) is 19.0. The Balaban J connectivity index is 1.78. The van der Waals surface area contributed by atoms with E-state index in [9.17, 15) is 14.7 Å². The average molecular weight is 406 g/mol. The van der Waals surface area contributed by atoms with Crippen molar-refractivity contribution in [2.45, 2.75) is 65.9 Å². The number of Topliss-reactive ketones (excluding diaryl/α,β-unsaturated/α-hetero) is 1. The lowest BCUT2D eigenvalue weighted by atomic mass is 9.42. The minimum absolute atomic E-state index is 0.0168. The summed E-state index contributed by atoms with van der Waals surface area (Å²) in [6.45, 7) is 9.82. The largest absolute Gasteiger partial charge is 0.461 e. The van der Waals surface area contributed by atoms with Crippen LogP contribution in [0.5, 0.6) is 0 Å². The Labute approximate surface area is 175 Å². The van der Waals surface area contributed by atoms with E-state index < -0.39 is 0 Å². The minimum Gasteiger partial charge on any atom is -0.461 e. The first-order valence-corrected chi connectivity index (χ1v) is 11.2. The van der Waals surface area contributed by atoms with E-state index >= 15 is 0 Å². The number of hydrogen-bond acceptors (Lipinski definition) is 5. The summed E-state index contributed by atoms with van der Waals surface area (Å²) < 4.78 is 5.34. The van der Waals surface area contributed by atoms with Gasteiger partial charge in [-0.15, -0.1) is 0 Å². The van der Waals surface area contributed by atoms with Crippen molar-refractivity contribution in [1.29, 1.82) is 0 Å². The summed E-state index contributed by atoms with van der Waals surface area (Å²) in [7, 11) is 3.90. The van der Waals surface area contributed by atoms with Gasteiger partial charge in [0.15, 0.2) is 0 Å². The van der Waals surface area contributed by atoms with Crippen LogP contribution < -0.4 is 0 Å². The zero-order chi connectivity index (χ0) is 21.6. The lowest BCUT2D eigenvalue weighted by Crippen LogP contribution is -2.60. The fraction of sp³-hybridized carbons (Fsp3) is 0.833. The molecule has 5 nitrogen and oxygen atoms in total. The molecule has 5 heteroatoms. The van der Waals surface area contributed by atoms with E-state index in [4.69, 9.17) is 4.74 Å². The van der Waals surface area contributed by atoms with Crippen LogP contribution in [-0.2, 0) is 14.3 Å². The van der Waals surface area contributed by atoms with Gasteiger partial charge in [-0.25, -0.2) is 4.79 Å². The van der Waals surface area contributed by atoms with Gasteiger partial charge >= 0.3 is 5.97 Å². The van der Waals surface area contributed by atoms with E-state index in [1.54, 1.807) is 6.08 Å². The number of ether oxygens (including phenoxy) is 1. The van der Waals surface area contributed by atoms with Gasteiger partial charge in [0.05, 0.1) is 6.10 Å². The fourth-order valence-corrected chi connectivity index (χ4v) is 6.63. The third-order valence-electron chi connectivity index (χ3n) is 8.52. The third-order valence-corrected chi connectivity index (χ3v) is 8.52. The minimum atomic E-state index is -0.335. The zero-order valence-corrected chi connectivity index (χ0v) is 19.0. The molecular formula is C24H39NO4. The molecule has 0 aromatic heterocycles. The Hall–Kier alpha value is -1.20. The molecule has 0 radical (unpaired) electrons. The highest BCUT2D eigenvalue weighted by molar-refractivity contribution is 5.86. The van der Waals surface area contributed by atoms with Gasteiger partial charge in [-0.3, -0.25) is 4.79 Å². The number of hydrogen-bond donors (Lipinski definition) is 1. The van der Waals surface area contributed by atoms with Crippen molar-refractivity contribution in [3.8, 4) is 0 Å². The van der Waals surface area contributed by atoms with Gasteiger partial charge in [0, 0.05) is 25.0 Å². The highest BCUT2D eigenvalue weighted by atomic mass is 16.5. The summed E-state index contributed by atoms with van der Waals surface area (Å²) in [5.74, 6) is 0.645. The molecule has 0 aromatic carbocycles. The Morgan fingerprint density at radius 3 is 2.62 bits per heavy atom. The number of rotatable bonds is 4. The number of aliphatic hydroxyl groups excluding tert-OH is 1. The number of fused-ring (bicyclic) bond motifs is 3. The molecule has 3 aliphatic carbocycles. The fourth-order valence-electron chi connectivity index (χ4n) is 6.63. The van der Waals surface area contributed by atoms with Gasteiger partial charge in [0.2, 0.25) is 0 Å². The van der Waals surface area contributed by atoms with Crippen molar-refractivity contribution in [2.24, 2.45) is 34.5 Å². The van der Waals surface area contributed by atoms with Crippen molar-refractivity contribution in [2.75, 3.05) is 27.2 Å². The molecule has 0 spiro atoms. The molecule has 0 aromatic rings. The molecule has 29 heavy (non-hydrogen) atoms. The van der Waals surface area contributed by atoms with Crippen LogP contribution in [0.2, 0.25) is 0 Å². The SMILES string of the molecule is C[C@H]1C(=CC(=O)OCCN(C)C)CC[C@@H]2[C@H]1C(=O)C[C@@H]1C(C)(C)[C@H](O)CC[C@@]21C. The number of carbonyl (C=O) groups is 2. The van der Waals surface area contributed by atoms with E-state index in [2.05, 4.69) is 27.7 Å². The molecule has 0 saturated heterocycles. The second-order valence-corrected chi connectivity index (χ2v) is 10.8. The van der Waals surface area contributed by atoms with Crippen molar-refractivity contribution in [3.05, 3.63) is 11.6 Å². The molecule has 164 valence electrons. The topological polar surface area (TPSA) is 66.8 Å². The summed E-state index contributed by atoms with van der Waals surface area (Å²) >= 11 is 0. The van der Waals surface area contributed by atoms with E-state index in [0.29, 0.717) is 31.3 Å². The summed E-state index contributed by atoms with van der Waals surface area (Å²) in [4.78, 5) is 27.5. The number of ketones is 1. The van der Waals surface area contributed by atoms with E-state index in [0.717, 1.165) is 31.3 Å². The van der Waals surface area contributed by atoms with Crippen LogP contribution in [0.15, 0.2) is 11.6 Å². The average Bonchev–Trinajstić information content (AvgIpc) is 2.63. The Morgan fingerprint density at radius 1 is 1.28 bits per heavy atom. The first kappa shape index (κ1) is 22.5. The van der Waals surface area contributed by atoms with Gasteiger partial charge in [-0.2, -0.15) is 0 Å². The number of aliphatic hydroxyl groups is 1. The second-order valence-electron chi connectivity index (χ2n) is 10.8. The number of carbonyl (C=O) groups excluding carboxylic acids is 2. The van der Waals surface area contributed by atoms with E-state index in [1.165, 1.54) is 0 Å². The molecule has 6 atom stereocenters. The lowest BCUT2D eigenvalue weighted by molar-refractivity contribution is -0.172. The normalized spacial score (nSPS) is 40.5. The van der Waals surface area contributed by atoms with Crippen molar-refractivity contribution in [1.82, 2.24) is 4.90 Å². The Kier molecular flexibility index (Phi) is 6.31. The molecule has 0 aliphatic heterocycles. The monoisotopic (exact) mass is 405 g/mol. The van der Waals surface area contributed by atoms with Crippen LogP contribution in [0, 0.1) is 34.5 Å². The quantitative estimate of drug-likeness (QED) is 0.573. The van der Waals surface area contributed by atoms with Crippen molar-refractivity contribution in [3.63, 3.8) is 0 Å². The number of nitrogens with zero attached hydrogens (tertiary/aromatic N) is 1. The van der Waals surface area contributed by atoms with Gasteiger partial charge in [-0.1, -0.05) is 33.3 Å². The predicted octanol–water partition coefficient (Wildman–Crippen LogP) is 3.46. The molecule has 0 bridgehead atoms. The predicted molar refractivity (Wildman–Crippen MR) is 113 cm³/mol. The molecule has 3 fully saturated rings. The third kappa shape index (κ3) is 4.05. The molecule has 3 aliphatic rings. The maximum absolute atomic E-state index is 13.3. The highest BCUT2D eigenvalue weighted by Gasteiger charge is 2.61. The van der Waals surface area contributed by atoms with E-state index in [-0.39, 0.29) is 40.7 Å². The Bertz CT molecular complexity index is 682. The van der Waals surface area contributed by atoms with Crippen LogP contribution in [0.3, 0.4) is 0 Å². The van der Waals surface area contributed by atoms with Crippen molar-refractivity contribution < 1.29 is 19.4 Å².